The van der Waals surface area contributed by atoms with Crippen molar-refractivity contribution < 1.29 is 8.85 Å². The first kappa shape index (κ1) is 35.4. The molecule has 0 saturated heterocycles. The summed E-state index contributed by atoms with van der Waals surface area (Å²) < 4.78 is 21.1. The van der Waals surface area contributed by atoms with E-state index in [1.165, 1.54) is 57.8 Å². The number of aliphatic imine (C=N–C) groups is 5. The van der Waals surface area contributed by atoms with Crippen molar-refractivity contribution in [1.29, 1.82) is 0 Å². The molecule has 10 bridgehead atoms. The lowest BCUT2D eigenvalue weighted by atomic mass is 9.50. The molecule has 306 valence electrons. The minimum Gasteiger partial charge on any atom is -0.361 e. The van der Waals surface area contributed by atoms with Gasteiger partial charge in [0.15, 0.2) is 17.5 Å². The van der Waals surface area contributed by atoms with Gasteiger partial charge in [-0.25, -0.2) is 25.0 Å². The Kier molecular flexibility index (Phi) is 7.62. The summed E-state index contributed by atoms with van der Waals surface area (Å²) in [6.07, 6.45) is 19.8. The Labute approximate surface area is 357 Å². The molecule has 1 aromatic heterocycles. The van der Waals surface area contributed by atoms with Gasteiger partial charge in [0.05, 0.1) is 0 Å². The predicted octanol–water partition coefficient (Wildman–Crippen LogP) is 10.1. The molecule has 0 radical (unpaired) electrons. The van der Waals surface area contributed by atoms with Gasteiger partial charge in [-0.05, 0) is 93.3 Å². The van der Waals surface area contributed by atoms with Crippen molar-refractivity contribution in [3.8, 4) is 0 Å². The second-order valence-corrected chi connectivity index (χ2v) is 22.3. The van der Waals surface area contributed by atoms with Crippen molar-refractivity contribution >= 4 is 60.5 Å². The Hall–Kier alpha value is -5.23. The number of fused-ring (bicyclic) bond motifs is 13. The van der Waals surface area contributed by atoms with Crippen LogP contribution < -0.4 is 5.32 Å². The number of rotatable bonds is 6. The van der Waals surface area contributed by atoms with E-state index in [0.717, 1.165) is 117 Å². The number of nitrogens with zero attached hydrogens (tertiary/aromatic N) is 7. The van der Waals surface area contributed by atoms with Crippen LogP contribution in [0.3, 0.4) is 0 Å². The summed E-state index contributed by atoms with van der Waals surface area (Å²) in [6, 6.07) is 25.9. The summed E-state index contributed by atoms with van der Waals surface area (Å²) in [5.41, 5.74) is 6.53. The molecule has 0 amide bonds. The van der Waals surface area contributed by atoms with Gasteiger partial charge in [-0.15, -0.1) is 0 Å². The highest BCUT2D eigenvalue weighted by atomic mass is 28.4. The SMILES string of the molecule is C1=CC2=C(CC1)C1=Nc3c4ccccc4c4n3[Si@@](OCC3CCCCC3)(OCC35CC6CC(CC(C6)C3)C5)N3C(=NC2=N1)c1ccccc1C3NC1=NC(=N4)c2ccccc21. The molecule has 4 aromatic rings. The Bertz CT molecular complexity index is 2770. The van der Waals surface area contributed by atoms with Crippen LogP contribution in [0.1, 0.15) is 112 Å². The topological polar surface area (TPSA) is 100 Å². The van der Waals surface area contributed by atoms with Crippen molar-refractivity contribution in [1.82, 2.24) is 14.1 Å². The first-order valence-electron chi connectivity index (χ1n) is 23.1. The smallest absolute Gasteiger partial charge is 0.361 e. The van der Waals surface area contributed by atoms with Gasteiger partial charge in [-0.3, -0.25) is 8.80 Å². The summed E-state index contributed by atoms with van der Waals surface area (Å²) >= 11 is 0. The molecular formula is C50H50N8O2Si. The maximum Gasteiger partial charge on any atom is 0.599 e. The molecule has 5 aliphatic heterocycles. The molecule has 1 unspecified atom stereocenters. The van der Waals surface area contributed by atoms with Crippen molar-refractivity contribution in [2.24, 2.45) is 54.0 Å². The third kappa shape index (κ3) is 5.23. The summed E-state index contributed by atoms with van der Waals surface area (Å²) in [4.78, 5) is 27.9. The van der Waals surface area contributed by atoms with E-state index in [4.69, 9.17) is 33.8 Å². The van der Waals surface area contributed by atoms with Crippen LogP contribution >= 0.6 is 0 Å². The number of benzene rings is 3. The minimum atomic E-state index is -4.04. The van der Waals surface area contributed by atoms with Crippen LogP contribution in [0.25, 0.3) is 10.8 Å². The second kappa shape index (κ2) is 13.1. The Morgan fingerprint density at radius 3 is 2.15 bits per heavy atom. The summed E-state index contributed by atoms with van der Waals surface area (Å²) in [6.45, 7) is 1.24. The number of amidine groups is 5. The molecular weight excluding hydrogens is 773 g/mol. The lowest BCUT2D eigenvalue weighted by Crippen LogP contribution is -2.68. The van der Waals surface area contributed by atoms with Gasteiger partial charge in [0.25, 0.3) is 0 Å². The summed E-state index contributed by atoms with van der Waals surface area (Å²) in [5.74, 6) is 8.11. The van der Waals surface area contributed by atoms with Crippen molar-refractivity contribution in [2.45, 2.75) is 89.6 Å². The molecule has 6 heterocycles. The number of nitrogens with one attached hydrogen (secondary N) is 1. The van der Waals surface area contributed by atoms with Crippen LogP contribution in [-0.2, 0) is 8.85 Å². The third-order valence-electron chi connectivity index (χ3n) is 15.8. The Morgan fingerprint density at radius 1 is 0.689 bits per heavy atom. The molecule has 5 saturated carbocycles. The molecule has 61 heavy (non-hydrogen) atoms. The molecule has 11 heteroatoms. The fourth-order valence-corrected chi connectivity index (χ4v) is 17.2. The van der Waals surface area contributed by atoms with E-state index in [-0.39, 0.29) is 5.41 Å². The van der Waals surface area contributed by atoms with E-state index in [9.17, 15) is 0 Å². The minimum absolute atomic E-state index is 0.112. The standard InChI is InChI=1S/C50H50N8O2Si/c1-2-12-30(13-3-1)28-59-61(60-29-50-25-31-22-32(26-50)24-33(23-31)27-50)57-46-38-18-8-9-19-39(38)48(57)55-44-36-16-6-7-17-37(36)45(52-44)56-49-41-21-11-10-20-40(41)47(58(49)61)54-43-35-15-5-4-14-34(35)42(51-43)53-46/h4-6,8-11,14-16,18-21,30-33,46H,1-3,7,12-13,17,22-29H2,(H,51,53,54)/t31?,32?,33?,46?,50?,61-/m0/s1. The van der Waals surface area contributed by atoms with Gasteiger partial charge >= 0.3 is 8.88 Å². The van der Waals surface area contributed by atoms with Crippen LogP contribution in [-0.4, -0.2) is 60.1 Å². The second-order valence-electron chi connectivity index (χ2n) is 19.7. The molecule has 3 aromatic carbocycles. The summed E-state index contributed by atoms with van der Waals surface area (Å²) in [7, 11) is -4.04. The molecule has 6 aliphatic carbocycles. The molecule has 10 nitrogen and oxygen atoms in total. The Morgan fingerprint density at radius 2 is 1.38 bits per heavy atom. The van der Waals surface area contributed by atoms with Gasteiger partial charge in [-0.1, -0.05) is 104 Å². The van der Waals surface area contributed by atoms with Gasteiger partial charge in [0.2, 0.25) is 0 Å². The van der Waals surface area contributed by atoms with E-state index in [1.807, 2.05) is 0 Å². The van der Waals surface area contributed by atoms with Gasteiger partial charge in [-0.2, -0.15) is 0 Å². The molecule has 1 N–H and O–H groups in total. The van der Waals surface area contributed by atoms with Crippen molar-refractivity contribution in [3.05, 3.63) is 118 Å². The molecule has 5 fully saturated rings. The van der Waals surface area contributed by atoms with Gasteiger partial charge in [0.1, 0.15) is 29.5 Å². The lowest BCUT2D eigenvalue weighted by molar-refractivity contribution is -0.0854. The van der Waals surface area contributed by atoms with Crippen LogP contribution in [0.4, 0.5) is 11.6 Å². The number of aromatic nitrogens is 1. The average Bonchev–Trinajstić information content (AvgIpc) is 4.00. The largest absolute Gasteiger partial charge is 0.599 e. The van der Waals surface area contributed by atoms with E-state index in [0.29, 0.717) is 30.8 Å². The molecule has 11 aliphatic rings. The number of allylic oxidation sites excluding steroid dienone is 1. The molecule has 0 spiro atoms. The summed E-state index contributed by atoms with van der Waals surface area (Å²) in [5, 5.41) is 6.08. The number of hydrogen-bond acceptors (Lipinski definition) is 9. The van der Waals surface area contributed by atoms with E-state index in [2.05, 4.69) is 99.1 Å². The van der Waals surface area contributed by atoms with Gasteiger partial charge < -0.3 is 14.2 Å². The normalized spacial score (nSPS) is 31.2. The zero-order chi connectivity index (χ0) is 39.9. The number of hydrogen-bond donors (Lipinski definition) is 1. The van der Waals surface area contributed by atoms with E-state index >= 15 is 0 Å². The van der Waals surface area contributed by atoms with Gasteiger partial charge in [0, 0.05) is 57.4 Å². The monoisotopic (exact) mass is 822 g/mol. The maximum atomic E-state index is 8.24. The van der Waals surface area contributed by atoms with E-state index in [1.54, 1.807) is 0 Å². The maximum absolute atomic E-state index is 8.24. The first-order valence-corrected chi connectivity index (χ1v) is 24.8. The van der Waals surface area contributed by atoms with Crippen LogP contribution in [0.2, 0.25) is 0 Å². The third-order valence-corrected chi connectivity index (χ3v) is 18.9. The van der Waals surface area contributed by atoms with Crippen LogP contribution in [0.15, 0.2) is 121 Å². The highest BCUT2D eigenvalue weighted by Crippen LogP contribution is 2.61. The highest BCUT2D eigenvalue weighted by molar-refractivity contribution is 6.68. The van der Waals surface area contributed by atoms with Crippen LogP contribution in [0, 0.1) is 29.1 Å². The average molecular weight is 823 g/mol. The quantitative estimate of drug-likeness (QED) is 0.196. The zero-order valence-corrected chi connectivity index (χ0v) is 35.5. The van der Waals surface area contributed by atoms with Crippen LogP contribution in [0.5, 0.6) is 0 Å². The predicted molar refractivity (Wildman–Crippen MR) is 242 cm³/mol. The fraction of sp³-hybridized carbons (Fsp3) is 0.420. The first-order chi connectivity index (χ1) is 30.1. The highest BCUT2D eigenvalue weighted by Gasteiger charge is 2.63. The van der Waals surface area contributed by atoms with E-state index < -0.39 is 15.0 Å². The van der Waals surface area contributed by atoms with Crippen molar-refractivity contribution in [3.63, 3.8) is 0 Å². The molecule has 2 atom stereocenters. The zero-order valence-electron chi connectivity index (χ0n) is 34.5. The Balaban J connectivity index is 1.10. The van der Waals surface area contributed by atoms with Crippen molar-refractivity contribution in [2.75, 3.05) is 13.2 Å². The molecule has 15 rings (SSSR count). The lowest BCUT2D eigenvalue weighted by Gasteiger charge is -2.57. The fourth-order valence-electron chi connectivity index (χ4n) is 13.5.